The molecule has 0 aliphatic carbocycles. The largest absolute Gasteiger partial charge is 0.459 e. The maximum absolute atomic E-state index is 12.5. The van der Waals surface area contributed by atoms with Gasteiger partial charge in [0.05, 0.1) is 28.7 Å². The van der Waals surface area contributed by atoms with Crippen LogP contribution in [0.3, 0.4) is 0 Å². The number of aryl methyl sites for hydroxylation is 1. The highest BCUT2D eigenvalue weighted by Gasteiger charge is 2.25. The minimum absolute atomic E-state index is 0.0578. The summed E-state index contributed by atoms with van der Waals surface area (Å²) in [6.45, 7) is 6.50. The molecule has 2 amide bonds. The smallest absolute Gasteiger partial charge is 0.289 e. The number of furan rings is 1. The normalized spacial score (nSPS) is 14.6. The number of piperazine rings is 1. The van der Waals surface area contributed by atoms with Crippen molar-refractivity contribution in [3.05, 3.63) is 70.6 Å². The van der Waals surface area contributed by atoms with E-state index in [1.54, 1.807) is 12.1 Å². The van der Waals surface area contributed by atoms with Crippen molar-refractivity contribution in [2.45, 2.75) is 20.0 Å². The molecule has 0 unspecified atom stereocenters. The number of hydrogen-bond acceptors (Lipinski definition) is 6. The Kier molecular flexibility index (Phi) is 5.97. The summed E-state index contributed by atoms with van der Waals surface area (Å²) in [5.41, 5.74) is 2.65. The SMILES string of the molecule is CCn1c(CN2CCN(C(=O)c3ccco3)CC2)nc2cc(NC(=O)c3cccs3)ccc21. The Morgan fingerprint density at radius 3 is 2.67 bits per heavy atom. The van der Waals surface area contributed by atoms with Gasteiger partial charge in [-0.1, -0.05) is 6.07 Å². The van der Waals surface area contributed by atoms with E-state index in [2.05, 4.69) is 21.7 Å². The Labute approximate surface area is 195 Å². The second-order valence-corrected chi connectivity index (χ2v) is 8.90. The molecular formula is C24H25N5O3S. The Morgan fingerprint density at radius 1 is 1.12 bits per heavy atom. The molecule has 0 radical (unpaired) electrons. The summed E-state index contributed by atoms with van der Waals surface area (Å²) in [7, 11) is 0. The molecular weight excluding hydrogens is 438 g/mol. The molecule has 1 aliphatic heterocycles. The van der Waals surface area contributed by atoms with Crippen LogP contribution in [-0.2, 0) is 13.1 Å². The number of carbonyl (C=O) groups excluding carboxylic acids is 2. The van der Waals surface area contributed by atoms with Crippen LogP contribution < -0.4 is 5.32 Å². The van der Waals surface area contributed by atoms with Gasteiger partial charge in [0.2, 0.25) is 0 Å². The molecule has 1 aromatic carbocycles. The van der Waals surface area contributed by atoms with Gasteiger partial charge in [-0.05, 0) is 48.7 Å². The number of nitrogens with one attached hydrogen (secondary N) is 1. The third-order valence-corrected chi connectivity index (χ3v) is 6.77. The number of hydrogen-bond donors (Lipinski definition) is 1. The summed E-state index contributed by atoms with van der Waals surface area (Å²) < 4.78 is 7.45. The van der Waals surface area contributed by atoms with Crippen molar-refractivity contribution >= 4 is 39.9 Å². The molecule has 8 nitrogen and oxygen atoms in total. The van der Waals surface area contributed by atoms with Crippen LogP contribution in [-0.4, -0.2) is 57.3 Å². The number of fused-ring (bicyclic) bond motifs is 1. The van der Waals surface area contributed by atoms with E-state index >= 15 is 0 Å². The van der Waals surface area contributed by atoms with Gasteiger partial charge in [-0.2, -0.15) is 0 Å². The molecule has 170 valence electrons. The first-order valence-electron chi connectivity index (χ1n) is 11.0. The van der Waals surface area contributed by atoms with E-state index in [0.29, 0.717) is 30.3 Å². The van der Waals surface area contributed by atoms with E-state index in [0.717, 1.165) is 42.2 Å². The molecule has 1 fully saturated rings. The molecule has 1 saturated heterocycles. The van der Waals surface area contributed by atoms with E-state index in [4.69, 9.17) is 9.40 Å². The minimum atomic E-state index is -0.110. The number of nitrogens with zero attached hydrogens (tertiary/aromatic N) is 4. The lowest BCUT2D eigenvalue weighted by atomic mass is 10.2. The van der Waals surface area contributed by atoms with E-state index < -0.39 is 0 Å². The van der Waals surface area contributed by atoms with Crippen molar-refractivity contribution in [1.82, 2.24) is 19.4 Å². The molecule has 0 bridgehead atoms. The van der Waals surface area contributed by atoms with Crippen LogP contribution >= 0.6 is 11.3 Å². The van der Waals surface area contributed by atoms with Crippen LogP contribution in [0.25, 0.3) is 11.0 Å². The van der Waals surface area contributed by atoms with Crippen molar-refractivity contribution in [2.75, 3.05) is 31.5 Å². The molecule has 33 heavy (non-hydrogen) atoms. The first-order chi connectivity index (χ1) is 16.1. The lowest BCUT2D eigenvalue weighted by Crippen LogP contribution is -2.48. The summed E-state index contributed by atoms with van der Waals surface area (Å²) in [4.78, 5) is 34.6. The fraction of sp³-hybridized carbons (Fsp3) is 0.292. The highest BCUT2D eigenvalue weighted by molar-refractivity contribution is 7.12. The molecule has 3 aromatic heterocycles. The summed E-state index contributed by atoms with van der Waals surface area (Å²) in [6, 6.07) is 13.0. The molecule has 4 heterocycles. The summed E-state index contributed by atoms with van der Waals surface area (Å²) in [5.74, 6) is 1.21. The number of aromatic nitrogens is 2. The van der Waals surface area contributed by atoms with Crippen LogP contribution in [0.15, 0.2) is 58.5 Å². The lowest BCUT2D eigenvalue weighted by molar-refractivity contribution is 0.0593. The Balaban J connectivity index is 1.27. The number of rotatable bonds is 6. The van der Waals surface area contributed by atoms with Crippen LogP contribution in [0.1, 0.15) is 33.0 Å². The van der Waals surface area contributed by atoms with Gasteiger partial charge in [-0.15, -0.1) is 11.3 Å². The van der Waals surface area contributed by atoms with Gasteiger partial charge >= 0.3 is 0 Å². The maximum Gasteiger partial charge on any atom is 0.289 e. The van der Waals surface area contributed by atoms with Gasteiger partial charge in [-0.3, -0.25) is 14.5 Å². The number of benzene rings is 1. The Bertz CT molecular complexity index is 1260. The number of carbonyl (C=O) groups is 2. The van der Waals surface area contributed by atoms with Gasteiger partial charge in [0, 0.05) is 38.4 Å². The predicted octanol–water partition coefficient (Wildman–Crippen LogP) is 3.92. The van der Waals surface area contributed by atoms with Crippen molar-refractivity contribution in [3.8, 4) is 0 Å². The van der Waals surface area contributed by atoms with Crippen LogP contribution in [0.2, 0.25) is 0 Å². The number of amides is 2. The average molecular weight is 464 g/mol. The fourth-order valence-corrected chi connectivity index (χ4v) is 4.82. The lowest BCUT2D eigenvalue weighted by Gasteiger charge is -2.34. The van der Waals surface area contributed by atoms with Crippen molar-refractivity contribution in [2.24, 2.45) is 0 Å². The number of thiophene rings is 1. The summed E-state index contributed by atoms with van der Waals surface area (Å²) >= 11 is 1.42. The van der Waals surface area contributed by atoms with Gasteiger partial charge in [-0.25, -0.2) is 4.98 Å². The molecule has 0 spiro atoms. The van der Waals surface area contributed by atoms with Gasteiger partial charge < -0.3 is 19.2 Å². The monoisotopic (exact) mass is 463 g/mol. The zero-order valence-corrected chi connectivity index (χ0v) is 19.2. The minimum Gasteiger partial charge on any atom is -0.459 e. The maximum atomic E-state index is 12.5. The Morgan fingerprint density at radius 2 is 1.97 bits per heavy atom. The standard InChI is InChI=1S/C24H25N5O3S/c1-2-29-19-8-7-17(25-23(30)21-6-4-14-33-21)15-18(19)26-22(29)16-27-9-11-28(12-10-27)24(31)20-5-3-13-32-20/h3-8,13-15H,2,9-12,16H2,1H3,(H,25,30). The van der Waals surface area contributed by atoms with E-state index in [-0.39, 0.29) is 11.8 Å². The van der Waals surface area contributed by atoms with Crippen molar-refractivity contribution < 1.29 is 14.0 Å². The predicted molar refractivity (Wildman–Crippen MR) is 128 cm³/mol. The first-order valence-corrected chi connectivity index (χ1v) is 11.9. The summed E-state index contributed by atoms with van der Waals surface area (Å²) in [5, 5.41) is 4.85. The fourth-order valence-electron chi connectivity index (χ4n) is 4.20. The average Bonchev–Trinajstić information content (AvgIpc) is 3.60. The van der Waals surface area contributed by atoms with E-state index in [1.165, 1.54) is 17.6 Å². The molecule has 0 saturated carbocycles. The molecule has 0 atom stereocenters. The number of anilines is 1. The highest BCUT2D eigenvalue weighted by atomic mass is 32.1. The number of imidazole rings is 1. The molecule has 4 aromatic rings. The first kappa shape index (κ1) is 21.4. The third kappa shape index (κ3) is 4.42. The quantitative estimate of drug-likeness (QED) is 0.469. The Hall–Kier alpha value is -3.43. The van der Waals surface area contributed by atoms with Crippen molar-refractivity contribution in [3.63, 3.8) is 0 Å². The molecule has 1 aliphatic rings. The van der Waals surface area contributed by atoms with Gasteiger partial charge in [0.25, 0.3) is 11.8 Å². The van der Waals surface area contributed by atoms with Crippen LogP contribution in [0, 0.1) is 0 Å². The zero-order chi connectivity index (χ0) is 22.8. The highest BCUT2D eigenvalue weighted by Crippen LogP contribution is 2.23. The van der Waals surface area contributed by atoms with Crippen molar-refractivity contribution in [1.29, 1.82) is 0 Å². The van der Waals surface area contributed by atoms with Crippen LogP contribution in [0.4, 0.5) is 5.69 Å². The van der Waals surface area contributed by atoms with Crippen LogP contribution in [0.5, 0.6) is 0 Å². The molecule has 1 N–H and O–H groups in total. The third-order valence-electron chi connectivity index (χ3n) is 5.90. The van der Waals surface area contributed by atoms with E-state index in [1.807, 2.05) is 40.6 Å². The summed E-state index contributed by atoms with van der Waals surface area (Å²) in [6.07, 6.45) is 1.53. The topological polar surface area (TPSA) is 83.6 Å². The molecule has 5 rings (SSSR count). The zero-order valence-electron chi connectivity index (χ0n) is 18.4. The second-order valence-electron chi connectivity index (χ2n) is 7.95. The molecule has 9 heteroatoms. The second kappa shape index (κ2) is 9.21. The van der Waals surface area contributed by atoms with Gasteiger partial charge in [0.15, 0.2) is 5.76 Å². The van der Waals surface area contributed by atoms with Gasteiger partial charge in [0.1, 0.15) is 5.82 Å². The van der Waals surface area contributed by atoms with E-state index in [9.17, 15) is 9.59 Å².